The summed E-state index contributed by atoms with van der Waals surface area (Å²) in [7, 11) is 0. The van der Waals surface area contributed by atoms with Crippen LogP contribution in [0.3, 0.4) is 0 Å². The van der Waals surface area contributed by atoms with Crippen LogP contribution in [0, 0.1) is 0 Å². The molecule has 1 aliphatic rings. The van der Waals surface area contributed by atoms with Crippen molar-refractivity contribution in [2.45, 2.75) is 25.2 Å². The number of amides is 1. The van der Waals surface area contributed by atoms with Gasteiger partial charge in [-0.05, 0) is 42.0 Å². The lowest BCUT2D eigenvalue weighted by atomic mass is 10.1. The summed E-state index contributed by atoms with van der Waals surface area (Å²) in [4.78, 5) is 12.1. The fraction of sp³-hybridized carbons (Fsp3) is 0.350. The third kappa shape index (κ3) is 5.97. The van der Waals surface area contributed by atoms with Crippen molar-refractivity contribution in [2.24, 2.45) is 0 Å². The molecule has 1 unspecified atom stereocenters. The Morgan fingerprint density at radius 3 is 2.68 bits per heavy atom. The summed E-state index contributed by atoms with van der Waals surface area (Å²) in [5.74, 6) is 0.374. The molecule has 1 fully saturated rings. The maximum Gasteiger partial charge on any atom is 0.416 e. The minimum absolute atomic E-state index is 0.00354. The van der Waals surface area contributed by atoms with Crippen LogP contribution in [0.2, 0.25) is 0 Å². The molecule has 150 valence electrons. The number of ether oxygens (including phenoxy) is 2. The van der Waals surface area contributed by atoms with Crippen LogP contribution in [0.25, 0.3) is 0 Å². The highest BCUT2D eigenvalue weighted by Crippen LogP contribution is 2.29. The summed E-state index contributed by atoms with van der Waals surface area (Å²) in [6, 6.07) is 11.7. The molecule has 0 bridgehead atoms. The van der Waals surface area contributed by atoms with E-state index in [0.29, 0.717) is 36.6 Å². The van der Waals surface area contributed by atoms with Crippen molar-refractivity contribution in [3.63, 3.8) is 0 Å². The molecular formula is C20H21F3N2O3. The van der Waals surface area contributed by atoms with Crippen molar-refractivity contribution in [1.29, 1.82) is 0 Å². The predicted molar refractivity (Wildman–Crippen MR) is 98.1 cm³/mol. The first-order valence-corrected chi connectivity index (χ1v) is 8.90. The molecule has 2 aromatic rings. The summed E-state index contributed by atoms with van der Waals surface area (Å²) < 4.78 is 49.1. The maximum atomic E-state index is 12.7. The van der Waals surface area contributed by atoms with E-state index in [1.165, 1.54) is 6.07 Å². The van der Waals surface area contributed by atoms with Gasteiger partial charge in [0.1, 0.15) is 12.4 Å². The van der Waals surface area contributed by atoms with E-state index in [-0.39, 0.29) is 18.6 Å². The second-order valence-electron chi connectivity index (χ2n) is 6.49. The smallest absolute Gasteiger partial charge is 0.416 e. The van der Waals surface area contributed by atoms with Crippen LogP contribution in [-0.4, -0.2) is 31.7 Å². The van der Waals surface area contributed by atoms with Gasteiger partial charge in [-0.1, -0.05) is 12.1 Å². The van der Waals surface area contributed by atoms with E-state index < -0.39 is 11.7 Å². The van der Waals surface area contributed by atoms with Gasteiger partial charge in [0.25, 0.3) is 0 Å². The number of alkyl halides is 3. The van der Waals surface area contributed by atoms with Crippen LogP contribution in [0.5, 0.6) is 5.75 Å². The van der Waals surface area contributed by atoms with Crippen LogP contribution < -0.4 is 15.4 Å². The summed E-state index contributed by atoms with van der Waals surface area (Å²) in [5.41, 5.74) is 0.340. The first kappa shape index (κ1) is 20.2. The van der Waals surface area contributed by atoms with Crippen molar-refractivity contribution in [2.75, 3.05) is 25.1 Å². The zero-order valence-electron chi connectivity index (χ0n) is 15.1. The molecule has 0 aliphatic carbocycles. The average molecular weight is 394 g/mol. The van der Waals surface area contributed by atoms with Gasteiger partial charge in [-0.2, -0.15) is 13.2 Å². The third-order valence-electron chi connectivity index (χ3n) is 4.23. The van der Waals surface area contributed by atoms with E-state index in [4.69, 9.17) is 9.47 Å². The molecule has 3 rings (SSSR count). The van der Waals surface area contributed by atoms with Gasteiger partial charge in [-0.3, -0.25) is 4.79 Å². The number of benzene rings is 2. The van der Waals surface area contributed by atoms with Crippen LogP contribution in [0.4, 0.5) is 18.9 Å². The van der Waals surface area contributed by atoms with Gasteiger partial charge in [0, 0.05) is 24.7 Å². The highest BCUT2D eigenvalue weighted by Gasteiger charge is 2.30. The SMILES string of the molecule is O=C(CC1COCCN1)Nc1ccc(OCc2cccc(C(F)(F)F)c2)cc1. The predicted octanol–water partition coefficient (Wildman–Crippen LogP) is 3.60. The molecule has 1 atom stereocenters. The van der Waals surface area contributed by atoms with Crippen LogP contribution in [0.15, 0.2) is 48.5 Å². The highest BCUT2D eigenvalue weighted by atomic mass is 19.4. The third-order valence-corrected chi connectivity index (χ3v) is 4.23. The lowest BCUT2D eigenvalue weighted by Crippen LogP contribution is -2.43. The molecule has 0 aromatic heterocycles. The molecule has 2 N–H and O–H groups in total. The Kier molecular flexibility index (Phi) is 6.53. The number of nitrogens with one attached hydrogen (secondary N) is 2. The zero-order valence-corrected chi connectivity index (χ0v) is 15.1. The molecule has 0 saturated carbocycles. The number of halogens is 3. The molecule has 0 spiro atoms. The van der Waals surface area contributed by atoms with Crippen LogP contribution >= 0.6 is 0 Å². The molecule has 1 amide bonds. The first-order chi connectivity index (χ1) is 13.4. The Balaban J connectivity index is 1.50. The standard InChI is InChI=1S/C20H21F3N2O3/c21-20(22,23)15-3-1-2-14(10-15)12-28-18-6-4-16(5-7-18)25-19(26)11-17-13-27-9-8-24-17/h1-7,10,17,24H,8-9,11-13H2,(H,25,26). The zero-order chi connectivity index (χ0) is 20.0. The monoisotopic (exact) mass is 394 g/mol. The second kappa shape index (κ2) is 9.07. The van der Waals surface area contributed by atoms with Crippen molar-refractivity contribution < 1.29 is 27.4 Å². The number of morpholine rings is 1. The molecule has 1 heterocycles. The van der Waals surface area contributed by atoms with Gasteiger partial charge in [-0.25, -0.2) is 0 Å². The van der Waals surface area contributed by atoms with Gasteiger partial charge in [-0.15, -0.1) is 0 Å². The van der Waals surface area contributed by atoms with Gasteiger partial charge in [0.05, 0.1) is 18.8 Å². The van der Waals surface area contributed by atoms with Gasteiger partial charge in [0.15, 0.2) is 0 Å². The van der Waals surface area contributed by atoms with Crippen LogP contribution in [0.1, 0.15) is 17.5 Å². The highest BCUT2D eigenvalue weighted by molar-refractivity contribution is 5.91. The number of hydrogen-bond donors (Lipinski definition) is 2. The van der Waals surface area contributed by atoms with E-state index in [1.54, 1.807) is 30.3 Å². The average Bonchev–Trinajstić information content (AvgIpc) is 2.68. The number of rotatable bonds is 6. The van der Waals surface area contributed by atoms with E-state index in [2.05, 4.69) is 10.6 Å². The summed E-state index contributed by atoms with van der Waals surface area (Å²) in [5, 5.41) is 6.01. The lowest BCUT2D eigenvalue weighted by molar-refractivity contribution is -0.137. The Labute approximate surface area is 160 Å². The quantitative estimate of drug-likeness (QED) is 0.786. The van der Waals surface area contributed by atoms with Crippen molar-refractivity contribution in [3.05, 3.63) is 59.7 Å². The number of carbonyl (C=O) groups excluding carboxylic acids is 1. The molecule has 5 nitrogen and oxygen atoms in total. The fourth-order valence-electron chi connectivity index (χ4n) is 2.83. The topological polar surface area (TPSA) is 59.6 Å². The number of hydrogen-bond acceptors (Lipinski definition) is 4. The molecule has 1 aliphatic heterocycles. The minimum Gasteiger partial charge on any atom is -0.489 e. The normalized spacial score (nSPS) is 17.2. The first-order valence-electron chi connectivity index (χ1n) is 8.90. The molecule has 1 saturated heterocycles. The summed E-state index contributed by atoms with van der Waals surface area (Å²) in [6.45, 7) is 1.91. The van der Waals surface area contributed by atoms with Crippen molar-refractivity contribution >= 4 is 11.6 Å². The largest absolute Gasteiger partial charge is 0.489 e. The van der Waals surface area contributed by atoms with Gasteiger partial charge in [0.2, 0.25) is 5.91 Å². The van der Waals surface area contributed by atoms with E-state index in [1.807, 2.05) is 0 Å². The molecule has 0 radical (unpaired) electrons. The molecular weight excluding hydrogens is 373 g/mol. The Hall–Kier alpha value is -2.58. The van der Waals surface area contributed by atoms with E-state index in [0.717, 1.165) is 18.7 Å². The maximum absolute atomic E-state index is 12.7. The van der Waals surface area contributed by atoms with Gasteiger partial charge >= 0.3 is 6.18 Å². The minimum atomic E-state index is -4.38. The van der Waals surface area contributed by atoms with Crippen molar-refractivity contribution in [3.8, 4) is 5.75 Å². The van der Waals surface area contributed by atoms with E-state index >= 15 is 0 Å². The Bertz CT molecular complexity index is 788. The van der Waals surface area contributed by atoms with Gasteiger partial charge < -0.3 is 20.1 Å². The lowest BCUT2D eigenvalue weighted by Gasteiger charge is -2.23. The number of carbonyl (C=O) groups is 1. The number of anilines is 1. The Morgan fingerprint density at radius 2 is 2.00 bits per heavy atom. The fourth-order valence-corrected chi connectivity index (χ4v) is 2.83. The van der Waals surface area contributed by atoms with Crippen LogP contribution in [-0.2, 0) is 22.3 Å². The summed E-state index contributed by atoms with van der Waals surface area (Å²) in [6.07, 6.45) is -4.07. The summed E-state index contributed by atoms with van der Waals surface area (Å²) >= 11 is 0. The molecule has 8 heteroatoms. The Morgan fingerprint density at radius 1 is 1.21 bits per heavy atom. The molecule has 28 heavy (non-hydrogen) atoms. The van der Waals surface area contributed by atoms with E-state index in [9.17, 15) is 18.0 Å². The molecule has 2 aromatic carbocycles. The second-order valence-corrected chi connectivity index (χ2v) is 6.49. The van der Waals surface area contributed by atoms with Crippen molar-refractivity contribution in [1.82, 2.24) is 5.32 Å².